The smallest absolute Gasteiger partial charge is 0.257 e. The molecule has 3 aromatic rings. The maximum atomic E-state index is 13.5. The van der Waals surface area contributed by atoms with Gasteiger partial charge in [0, 0.05) is 11.6 Å². The van der Waals surface area contributed by atoms with Gasteiger partial charge in [-0.15, -0.1) is 0 Å². The van der Waals surface area contributed by atoms with Gasteiger partial charge in [-0.25, -0.2) is 9.07 Å². The zero-order valence-corrected chi connectivity index (χ0v) is 15.6. The molecular formula is C21H23FN4O. The SMILES string of the molecule is Cc1cc(NC(=O)c2cccc3cc(F)ccc23)n(C2CCN(C)CC2)n1. The molecule has 2 heterocycles. The Balaban J connectivity index is 1.62. The molecule has 140 valence electrons. The Kier molecular flexibility index (Phi) is 4.66. The summed E-state index contributed by atoms with van der Waals surface area (Å²) in [6.45, 7) is 3.97. The minimum absolute atomic E-state index is 0.207. The molecule has 27 heavy (non-hydrogen) atoms. The van der Waals surface area contributed by atoms with Crippen molar-refractivity contribution in [2.75, 3.05) is 25.5 Å². The molecule has 1 aliphatic heterocycles. The Labute approximate surface area is 157 Å². The van der Waals surface area contributed by atoms with Gasteiger partial charge in [-0.1, -0.05) is 18.2 Å². The monoisotopic (exact) mass is 366 g/mol. The quantitative estimate of drug-likeness (QED) is 0.762. The average molecular weight is 366 g/mol. The summed E-state index contributed by atoms with van der Waals surface area (Å²) in [7, 11) is 2.12. The van der Waals surface area contributed by atoms with E-state index in [2.05, 4.69) is 22.4 Å². The van der Waals surface area contributed by atoms with Gasteiger partial charge < -0.3 is 10.2 Å². The average Bonchev–Trinajstić information content (AvgIpc) is 3.01. The van der Waals surface area contributed by atoms with E-state index in [9.17, 15) is 9.18 Å². The number of rotatable bonds is 3. The lowest BCUT2D eigenvalue weighted by Crippen LogP contribution is -2.32. The van der Waals surface area contributed by atoms with E-state index in [1.165, 1.54) is 12.1 Å². The fourth-order valence-corrected chi connectivity index (χ4v) is 3.76. The van der Waals surface area contributed by atoms with Crippen molar-refractivity contribution in [2.24, 2.45) is 0 Å². The van der Waals surface area contributed by atoms with Crippen LogP contribution in [0.2, 0.25) is 0 Å². The summed E-state index contributed by atoms with van der Waals surface area (Å²) < 4.78 is 15.4. The van der Waals surface area contributed by atoms with E-state index in [0.29, 0.717) is 16.8 Å². The van der Waals surface area contributed by atoms with Crippen molar-refractivity contribution in [3.8, 4) is 0 Å². The summed E-state index contributed by atoms with van der Waals surface area (Å²) in [5.74, 6) is 0.198. The number of likely N-dealkylation sites (tertiary alicyclic amines) is 1. The van der Waals surface area contributed by atoms with Crippen molar-refractivity contribution < 1.29 is 9.18 Å². The summed E-state index contributed by atoms with van der Waals surface area (Å²) in [6, 6.07) is 12.0. The lowest BCUT2D eigenvalue weighted by atomic mass is 10.0. The lowest BCUT2D eigenvalue weighted by Gasteiger charge is -2.30. The first kappa shape index (κ1) is 17.7. The minimum atomic E-state index is -0.309. The van der Waals surface area contributed by atoms with Gasteiger partial charge in [0.15, 0.2) is 0 Å². The second-order valence-corrected chi connectivity index (χ2v) is 7.28. The molecule has 0 spiro atoms. The zero-order valence-electron chi connectivity index (χ0n) is 15.6. The molecule has 1 amide bonds. The summed E-state index contributed by atoms with van der Waals surface area (Å²) in [5, 5.41) is 9.08. The Morgan fingerprint density at radius 1 is 1.19 bits per heavy atom. The van der Waals surface area contributed by atoms with Crippen LogP contribution in [-0.2, 0) is 0 Å². The Morgan fingerprint density at radius 2 is 1.96 bits per heavy atom. The predicted octanol–water partition coefficient (Wildman–Crippen LogP) is 4.00. The molecule has 5 nitrogen and oxygen atoms in total. The van der Waals surface area contributed by atoms with Crippen molar-refractivity contribution >= 4 is 22.5 Å². The van der Waals surface area contributed by atoms with Crippen LogP contribution in [0.3, 0.4) is 0 Å². The van der Waals surface area contributed by atoms with Crippen LogP contribution in [0.4, 0.5) is 10.2 Å². The standard InChI is InChI=1S/C21H23FN4O/c1-14-12-20(26(24-14)17-8-10-25(2)11-9-17)23-21(27)19-5-3-4-15-13-16(22)6-7-18(15)19/h3-7,12-13,17H,8-11H2,1-2H3,(H,23,27). The van der Waals surface area contributed by atoms with Gasteiger partial charge in [0.05, 0.1) is 11.7 Å². The molecule has 1 fully saturated rings. The van der Waals surface area contributed by atoms with Gasteiger partial charge in [0.1, 0.15) is 11.6 Å². The van der Waals surface area contributed by atoms with E-state index < -0.39 is 0 Å². The number of nitrogens with zero attached hydrogens (tertiary/aromatic N) is 3. The van der Waals surface area contributed by atoms with Crippen LogP contribution in [-0.4, -0.2) is 40.7 Å². The van der Waals surface area contributed by atoms with Gasteiger partial charge in [-0.05, 0) is 68.9 Å². The summed E-state index contributed by atoms with van der Waals surface area (Å²) in [6.07, 6.45) is 2.02. The highest BCUT2D eigenvalue weighted by atomic mass is 19.1. The van der Waals surface area contributed by atoms with E-state index in [1.54, 1.807) is 18.2 Å². The summed E-state index contributed by atoms with van der Waals surface area (Å²) in [4.78, 5) is 15.3. The number of nitrogens with one attached hydrogen (secondary N) is 1. The molecule has 4 rings (SSSR count). The number of fused-ring (bicyclic) bond motifs is 1. The van der Waals surface area contributed by atoms with E-state index in [-0.39, 0.29) is 17.8 Å². The molecule has 1 aliphatic rings. The second-order valence-electron chi connectivity index (χ2n) is 7.28. The number of carbonyl (C=O) groups excluding carboxylic acids is 1. The Hall–Kier alpha value is -2.73. The van der Waals surface area contributed by atoms with Crippen LogP contribution in [0.15, 0.2) is 42.5 Å². The normalized spacial score (nSPS) is 16.0. The molecule has 6 heteroatoms. The van der Waals surface area contributed by atoms with Crippen LogP contribution in [0.1, 0.15) is 34.9 Å². The van der Waals surface area contributed by atoms with Crippen LogP contribution in [0, 0.1) is 12.7 Å². The predicted molar refractivity (Wildman–Crippen MR) is 105 cm³/mol. The maximum Gasteiger partial charge on any atom is 0.257 e. The molecule has 0 radical (unpaired) electrons. The lowest BCUT2D eigenvalue weighted by molar-refractivity contribution is 0.102. The highest BCUT2D eigenvalue weighted by molar-refractivity contribution is 6.12. The number of hydrogen-bond donors (Lipinski definition) is 1. The first-order valence-corrected chi connectivity index (χ1v) is 9.25. The molecule has 0 unspecified atom stereocenters. The van der Waals surface area contributed by atoms with Crippen LogP contribution >= 0.6 is 0 Å². The number of anilines is 1. The van der Waals surface area contributed by atoms with Crippen molar-refractivity contribution in [1.29, 1.82) is 0 Å². The van der Waals surface area contributed by atoms with Crippen molar-refractivity contribution in [3.63, 3.8) is 0 Å². The molecule has 0 bridgehead atoms. The number of amides is 1. The van der Waals surface area contributed by atoms with E-state index in [0.717, 1.165) is 37.0 Å². The third-order valence-corrected chi connectivity index (χ3v) is 5.22. The summed E-state index contributed by atoms with van der Waals surface area (Å²) in [5.41, 5.74) is 1.41. The number of carbonyl (C=O) groups is 1. The molecule has 1 saturated heterocycles. The number of halogens is 1. The molecule has 0 aliphatic carbocycles. The van der Waals surface area contributed by atoms with Crippen molar-refractivity contribution in [1.82, 2.24) is 14.7 Å². The van der Waals surface area contributed by atoms with Crippen LogP contribution < -0.4 is 5.32 Å². The highest BCUT2D eigenvalue weighted by Gasteiger charge is 2.23. The van der Waals surface area contributed by atoms with Gasteiger partial charge in [-0.2, -0.15) is 5.10 Å². The number of piperidine rings is 1. The molecule has 1 N–H and O–H groups in total. The molecule has 0 atom stereocenters. The molecule has 0 saturated carbocycles. The first-order valence-electron chi connectivity index (χ1n) is 9.25. The first-order chi connectivity index (χ1) is 13.0. The Bertz CT molecular complexity index is 989. The van der Waals surface area contributed by atoms with Gasteiger partial charge in [-0.3, -0.25) is 4.79 Å². The topological polar surface area (TPSA) is 50.2 Å². The fraction of sp³-hybridized carbons (Fsp3) is 0.333. The molecule has 2 aromatic carbocycles. The van der Waals surface area contributed by atoms with Crippen LogP contribution in [0.5, 0.6) is 0 Å². The molecular weight excluding hydrogens is 343 g/mol. The Morgan fingerprint density at radius 3 is 2.74 bits per heavy atom. The van der Waals surface area contributed by atoms with Gasteiger partial charge in [0.2, 0.25) is 0 Å². The molecule has 1 aromatic heterocycles. The fourth-order valence-electron chi connectivity index (χ4n) is 3.76. The number of hydrogen-bond acceptors (Lipinski definition) is 3. The van der Waals surface area contributed by atoms with Gasteiger partial charge in [0.25, 0.3) is 5.91 Å². The van der Waals surface area contributed by atoms with Crippen LogP contribution in [0.25, 0.3) is 10.8 Å². The maximum absolute atomic E-state index is 13.5. The number of aryl methyl sites for hydroxylation is 1. The summed E-state index contributed by atoms with van der Waals surface area (Å²) >= 11 is 0. The third kappa shape index (κ3) is 3.57. The van der Waals surface area contributed by atoms with E-state index in [1.807, 2.05) is 23.7 Å². The second kappa shape index (κ2) is 7.12. The van der Waals surface area contributed by atoms with Crippen molar-refractivity contribution in [3.05, 3.63) is 59.5 Å². The van der Waals surface area contributed by atoms with Crippen molar-refractivity contribution in [2.45, 2.75) is 25.8 Å². The highest BCUT2D eigenvalue weighted by Crippen LogP contribution is 2.27. The minimum Gasteiger partial charge on any atom is -0.307 e. The number of benzene rings is 2. The zero-order chi connectivity index (χ0) is 19.0. The third-order valence-electron chi connectivity index (χ3n) is 5.22. The van der Waals surface area contributed by atoms with Gasteiger partial charge >= 0.3 is 0 Å². The van der Waals surface area contributed by atoms with E-state index in [4.69, 9.17) is 0 Å². The van der Waals surface area contributed by atoms with E-state index >= 15 is 0 Å². The number of aromatic nitrogens is 2. The largest absolute Gasteiger partial charge is 0.307 e.